The second-order valence-corrected chi connectivity index (χ2v) is 2.43. The Morgan fingerprint density at radius 2 is 1.82 bits per heavy atom. The molecule has 2 unspecified atom stereocenters. The van der Waals surface area contributed by atoms with Crippen LogP contribution in [0.25, 0.3) is 0 Å². The highest BCUT2D eigenvalue weighted by Gasteiger charge is 2.12. The second kappa shape index (κ2) is 9.35. The van der Waals surface area contributed by atoms with Gasteiger partial charge in [-0.2, -0.15) is 0 Å². The fraction of sp³-hybridized carbons (Fsp3) is 1.00. The molecule has 2 atom stereocenters. The van der Waals surface area contributed by atoms with E-state index >= 15 is 0 Å². The minimum absolute atomic E-state index is 0. The number of hydrogen-bond donors (Lipinski definition) is 0. The van der Waals surface area contributed by atoms with Crippen molar-refractivity contribution in [3.05, 3.63) is 0 Å². The van der Waals surface area contributed by atoms with E-state index in [9.17, 15) is 0 Å². The fourth-order valence-electron chi connectivity index (χ4n) is 1.05. The van der Waals surface area contributed by atoms with Crippen LogP contribution in [0.3, 0.4) is 0 Å². The van der Waals surface area contributed by atoms with Gasteiger partial charge in [0.1, 0.15) is 0 Å². The van der Waals surface area contributed by atoms with Gasteiger partial charge in [-0.3, -0.25) is 9.80 Å². The summed E-state index contributed by atoms with van der Waals surface area (Å²) in [6, 6.07) is 0. The second-order valence-electron chi connectivity index (χ2n) is 2.43. The lowest BCUT2D eigenvalue weighted by Crippen LogP contribution is -3.00. The highest BCUT2D eigenvalue weighted by molar-refractivity contribution is 7.92. The average Bonchev–Trinajstić information content (AvgIpc) is 2.40. The maximum Gasteiger partial charge on any atom is 0.0504 e. The maximum absolute atomic E-state index is 2.43. The molecule has 5 heteroatoms. The van der Waals surface area contributed by atoms with Crippen LogP contribution in [0.5, 0.6) is 0 Å². The van der Waals surface area contributed by atoms with Crippen molar-refractivity contribution in [1.29, 1.82) is 0 Å². The van der Waals surface area contributed by atoms with Gasteiger partial charge in [-0.05, 0) is 13.6 Å². The van der Waals surface area contributed by atoms with Crippen LogP contribution in [0.2, 0.25) is 0 Å². The number of halogens is 1. The third kappa shape index (κ3) is 6.42. The van der Waals surface area contributed by atoms with Crippen LogP contribution in [-0.2, 0) is 0 Å². The lowest BCUT2D eigenvalue weighted by Gasteiger charge is -2.10. The molecule has 1 heterocycles. The van der Waals surface area contributed by atoms with Crippen molar-refractivity contribution in [1.82, 2.24) is 9.80 Å². The normalized spacial score (nSPS) is 18.5. The first-order chi connectivity index (χ1) is 4.83. The molecule has 2 nitrogen and oxygen atoms in total. The molecular formula is C6H18BrN2P2-. The van der Waals surface area contributed by atoms with Gasteiger partial charge in [0.25, 0.3) is 0 Å². The van der Waals surface area contributed by atoms with Gasteiger partial charge in [0.15, 0.2) is 0 Å². The van der Waals surface area contributed by atoms with Crippen LogP contribution in [0.15, 0.2) is 0 Å². The largest absolute Gasteiger partial charge is 1.00 e. The molecule has 0 aromatic rings. The van der Waals surface area contributed by atoms with Gasteiger partial charge < -0.3 is 17.0 Å². The van der Waals surface area contributed by atoms with Crippen LogP contribution >= 0.6 is 17.9 Å². The quantitative estimate of drug-likeness (QED) is 0.497. The van der Waals surface area contributed by atoms with E-state index in [2.05, 4.69) is 41.6 Å². The molecule has 1 aliphatic heterocycles. The molecule has 0 spiro atoms. The summed E-state index contributed by atoms with van der Waals surface area (Å²) >= 11 is 0. The summed E-state index contributed by atoms with van der Waals surface area (Å²) in [5.41, 5.74) is 0. The lowest BCUT2D eigenvalue weighted by molar-refractivity contribution is -0.00000209. The summed E-state index contributed by atoms with van der Waals surface area (Å²) in [5.74, 6) is 0. The van der Waals surface area contributed by atoms with E-state index < -0.39 is 0 Å². The maximum atomic E-state index is 2.43. The van der Waals surface area contributed by atoms with Crippen LogP contribution in [-0.4, -0.2) is 43.2 Å². The highest BCUT2D eigenvalue weighted by Crippen LogP contribution is 1.98. The smallest absolute Gasteiger partial charge is 0.0504 e. The topological polar surface area (TPSA) is 6.48 Å². The van der Waals surface area contributed by atoms with Crippen LogP contribution in [0.4, 0.5) is 0 Å². The Bertz CT molecular complexity index is 85.0. The van der Waals surface area contributed by atoms with Gasteiger partial charge in [-0.25, -0.2) is 0 Å². The zero-order valence-corrected chi connectivity index (χ0v) is 11.2. The Labute approximate surface area is 85.2 Å². The zero-order valence-electron chi connectivity index (χ0n) is 7.26. The molecule has 0 saturated carbocycles. The summed E-state index contributed by atoms with van der Waals surface area (Å²) in [4.78, 5) is 4.77. The van der Waals surface area contributed by atoms with E-state index in [1.165, 1.54) is 19.6 Å². The van der Waals surface area contributed by atoms with E-state index in [0.29, 0.717) is 0 Å². The molecule has 1 saturated heterocycles. The Morgan fingerprint density at radius 3 is 2.00 bits per heavy atom. The average molecular weight is 260 g/mol. The molecule has 1 fully saturated rings. The highest BCUT2D eigenvalue weighted by atomic mass is 79.9. The van der Waals surface area contributed by atoms with Crippen molar-refractivity contribution < 1.29 is 17.0 Å². The zero-order chi connectivity index (χ0) is 7.98. The van der Waals surface area contributed by atoms with Gasteiger partial charge in [0, 0.05) is 13.1 Å². The van der Waals surface area contributed by atoms with Crippen LogP contribution < -0.4 is 17.0 Å². The molecule has 0 N–H and O–H groups in total. The standard InChI is InChI=1S/C6H14N2.BrH.H4P2/c1-3-8-5-4-7(2)6-8;;1-2/h3-6H2,1-2H3;1H;1-2H2/p-1. The van der Waals surface area contributed by atoms with E-state index in [-0.39, 0.29) is 17.0 Å². The molecule has 0 aromatic heterocycles. The number of likely N-dealkylation sites (N-methyl/N-ethyl adjacent to an activating group) is 2. The fourth-order valence-corrected chi connectivity index (χ4v) is 1.05. The van der Waals surface area contributed by atoms with Gasteiger partial charge >= 0.3 is 0 Å². The molecule has 1 rings (SSSR count). The molecule has 11 heavy (non-hydrogen) atoms. The van der Waals surface area contributed by atoms with E-state index in [4.69, 9.17) is 0 Å². The molecular weight excluding hydrogens is 242 g/mol. The van der Waals surface area contributed by atoms with Crippen LogP contribution in [0.1, 0.15) is 6.92 Å². The summed E-state index contributed by atoms with van der Waals surface area (Å²) in [5, 5.41) is 0. The Balaban J connectivity index is 0. The number of nitrogens with zero attached hydrogens (tertiary/aromatic N) is 2. The van der Waals surface area contributed by atoms with Crippen molar-refractivity contribution >= 4 is 17.9 Å². The first-order valence-electron chi connectivity index (χ1n) is 3.57. The summed E-state index contributed by atoms with van der Waals surface area (Å²) < 4.78 is 0. The molecule has 0 aromatic carbocycles. The van der Waals surface area contributed by atoms with Crippen molar-refractivity contribution in [2.24, 2.45) is 0 Å². The van der Waals surface area contributed by atoms with E-state index in [1.807, 2.05) is 0 Å². The van der Waals surface area contributed by atoms with Crippen molar-refractivity contribution in [2.75, 3.05) is 33.4 Å². The van der Waals surface area contributed by atoms with Crippen molar-refractivity contribution in [3.8, 4) is 0 Å². The Hall–Kier alpha value is 1.26. The lowest BCUT2D eigenvalue weighted by atomic mass is 10.6. The molecule has 0 amide bonds. The minimum atomic E-state index is 0. The Kier molecular flexibility index (Phi) is 12.5. The van der Waals surface area contributed by atoms with Gasteiger partial charge in [0.05, 0.1) is 6.67 Å². The van der Waals surface area contributed by atoms with Gasteiger partial charge in [-0.15, -0.1) is 17.9 Å². The predicted molar refractivity (Wildman–Crippen MR) is 54.2 cm³/mol. The molecule has 1 aliphatic rings. The third-order valence-electron chi connectivity index (χ3n) is 1.69. The molecule has 0 radical (unpaired) electrons. The molecule has 0 aliphatic carbocycles. The van der Waals surface area contributed by atoms with Gasteiger partial charge in [-0.1, -0.05) is 6.92 Å². The van der Waals surface area contributed by atoms with E-state index in [1.54, 1.807) is 0 Å². The Morgan fingerprint density at radius 1 is 1.27 bits per heavy atom. The predicted octanol–water partition coefficient (Wildman–Crippen LogP) is -2.13. The van der Waals surface area contributed by atoms with Crippen LogP contribution in [0, 0.1) is 0 Å². The number of hydrogen-bond acceptors (Lipinski definition) is 2. The van der Waals surface area contributed by atoms with Gasteiger partial charge in [0.2, 0.25) is 0 Å². The third-order valence-corrected chi connectivity index (χ3v) is 1.69. The van der Waals surface area contributed by atoms with E-state index in [0.717, 1.165) is 6.67 Å². The summed E-state index contributed by atoms with van der Waals surface area (Å²) in [6.45, 7) is 7.07. The monoisotopic (exact) mass is 259 g/mol. The first kappa shape index (κ1) is 14.8. The molecule has 0 bridgehead atoms. The summed E-state index contributed by atoms with van der Waals surface area (Å²) in [6.07, 6.45) is 0. The van der Waals surface area contributed by atoms with Crippen molar-refractivity contribution in [3.63, 3.8) is 0 Å². The molecule has 70 valence electrons. The minimum Gasteiger partial charge on any atom is -1.00 e. The number of rotatable bonds is 1. The summed E-state index contributed by atoms with van der Waals surface area (Å²) in [7, 11) is 6.83. The first-order valence-corrected chi connectivity index (χ1v) is 6.24. The SMILES string of the molecule is CCN1CCN(C)C1.PP.[Br-]. The van der Waals surface area contributed by atoms with Crippen molar-refractivity contribution in [2.45, 2.75) is 6.92 Å².